The smallest absolute Gasteiger partial charge is 0.141 e. The Bertz CT molecular complexity index is 289. The summed E-state index contributed by atoms with van der Waals surface area (Å²) in [6.45, 7) is 1.64. The molecule has 1 atom stereocenters. The molecule has 0 fully saturated rings. The van der Waals surface area contributed by atoms with Gasteiger partial charge in [-0.3, -0.25) is 0 Å². The van der Waals surface area contributed by atoms with Crippen molar-refractivity contribution in [1.29, 1.82) is 0 Å². The van der Waals surface area contributed by atoms with Crippen molar-refractivity contribution in [2.75, 3.05) is 11.9 Å². The van der Waals surface area contributed by atoms with Gasteiger partial charge in [0.25, 0.3) is 0 Å². The molecule has 1 nitrogen and oxygen atoms in total. The first-order chi connectivity index (χ1) is 6.09. The van der Waals surface area contributed by atoms with E-state index in [-0.39, 0.29) is 11.6 Å². The van der Waals surface area contributed by atoms with Crippen LogP contribution in [0.15, 0.2) is 18.2 Å². The van der Waals surface area contributed by atoms with Crippen molar-refractivity contribution in [3.63, 3.8) is 0 Å². The van der Waals surface area contributed by atoms with E-state index in [1.165, 1.54) is 25.1 Å². The van der Waals surface area contributed by atoms with Crippen LogP contribution in [0.3, 0.4) is 0 Å². The molecule has 0 saturated carbocycles. The van der Waals surface area contributed by atoms with Gasteiger partial charge in [0, 0.05) is 12.2 Å². The molecular weight excluding hydrogens is 196 g/mol. The summed E-state index contributed by atoms with van der Waals surface area (Å²) < 4.78 is 25.1. The highest BCUT2D eigenvalue weighted by molar-refractivity contribution is 6.31. The van der Waals surface area contributed by atoms with E-state index in [0.717, 1.165) is 0 Å². The average molecular weight is 206 g/mol. The second kappa shape index (κ2) is 4.42. The van der Waals surface area contributed by atoms with Crippen LogP contribution >= 0.6 is 11.6 Å². The molecule has 0 radical (unpaired) electrons. The Hall–Kier alpha value is -0.830. The molecule has 0 aromatic heterocycles. The lowest BCUT2D eigenvalue weighted by atomic mass is 10.3. The molecule has 0 bridgehead atoms. The van der Waals surface area contributed by atoms with Gasteiger partial charge in [0.05, 0.1) is 5.02 Å². The molecule has 1 N–H and O–H groups in total. The lowest BCUT2D eigenvalue weighted by Gasteiger charge is -2.07. The van der Waals surface area contributed by atoms with E-state index in [9.17, 15) is 8.78 Å². The first-order valence-electron chi connectivity index (χ1n) is 3.92. The van der Waals surface area contributed by atoms with Crippen LogP contribution in [0, 0.1) is 5.82 Å². The summed E-state index contributed by atoms with van der Waals surface area (Å²) in [6, 6.07) is 4.19. The third-order valence-electron chi connectivity index (χ3n) is 1.51. The first-order valence-corrected chi connectivity index (χ1v) is 4.30. The number of alkyl halides is 1. The highest BCUT2D eigenvalue weighted by Crippen LogP contribution is 2.19. The predicted octanol–water partition coefficient (Wildman–Crippen LogP) is 3.25. The van der Waals surface area contributed by atoms with Gasteiger partial charge in [-0.05, 0) is 25.1 Å². The summed E-state index contributed by atoms with van der Waals surface area (Å²) in [6.07, 6.45) is -0.941. The van der Waals surface area contributed by atoms with Crippen molar-refractivity contribution in [2.24, 2.45) is 0 Å². The largest absolute Gasteiger partial charge is 0.382 e. The van der Waals surface area contributed by atoms with Crippen molar-refractivity contribution in [3.8, 4) is 0 Å². The van der Waals surface area contributed by atoms with Crippen LogP contribution in [-0.4, -0.2) is 12.7 Å². The number of anilines is 1. The number of nitrogens with one attached hydrogen (secondary N) is 1. The fourth-order valence-electron chi connectivity index (χ4n) is 0.865. The Morgan fingerprint density at radius 2 is 2.23 bits per heavy atom. The number of hydrogen-bond acceptors (Lipinski definition) is 1. The van der Waals surface area contributed by atoms with E-state index in [0.29, 0.717) is 5.69 Å². The summed E-state index contributed by atoms with van der Waals surface area (Å²) in [5.41, 5.74) is 0.621. The monoisotopic (exact) mass is 205 g/mol. The van der Waals surface area contributed by atoms with Crippen LogP contribution in [0.5, 0.6) is 0 Å². The van der Waals surface area contributed by atoms with E-state index in [1.807, 2.05) is 0 Å². The van der Waals surface area contributed by atoms with Crippen LogP contribution in [0.1, 0.15) is 6.92 Å². The third kappa shape index (κ3) is 3.19. The van der Waals surface area contributed by atoms with Crippen LogP contribution in [0.2, 0.25) is 5.02 Å². The Labute approximate surface area is 80.7 Å². The van der Waals surface area contributed by atoms with E-state index in [1.54, 1.807) is 0 Å². The van der Waals surface area contributed by atoms with Crippen LogP contribution in [0.4, 0.5) is 14.5 Å². The fraction of sp³-hybridized carbons (Fsp3) is 0.333. The second-order valence-corrected chi connectivity index (χ2v) is 3.20. The van der Waals surface area contributed by atoms with E-state index >= 15 is 0 Å². The Morgan fingerprint density at radius 1 is 1.54 bits per heavy atom. The maximum atomic E-state index is 12.7. The van der Waals surface area contributed by atoms with E-state index in [4.69, 9.17) is 11.6 Å². The number of rotatable bonds is 3. The standard InChI is InChI=1S/C9H10ClF2N/c1-6(11)5-13-7-2-3-9(12)8(10)4-7/h2-4,6,13H,5H2,1H3. The Morgan fingerprint density at radius 3 is 2.77 bits per heavy atom. The molecule has 0 spiro atoms. The quantitative estimate of drug-likeness (QED) is 0.799. The van der Waals surface area contributed by atoms with Crippen molar-refractivity contribution in [1.82, 2.24) is 0 Å². The maximum absolute atomic E-state index is 12.7. The van der Waals surface area contributed by atoms with E-state index < -0.39 is 12.0 Å². The molecule has 0 saturated heterocycles. The normalized spacial score (nSPS) is 12.6. The van der Waals surface area contributed by atoms with Gasteiger partial charge in [-0.1, -0.05) is 11.6 Å². The third-order valence-corrected chi connectivity index (χ3v) is 1.80. The van der Waals surface area contributed by atoms with Gasteiger partial charge in [0.15, 0.2) is 0 Å². The minimum absolute atomic E-state index is 0.0384. The molecule has 0 amide bonds. The highest BCUT2D eigenvalue weighted by atomic mass is 35.5. The molecule has 13 heavy (non-hydrogen) atoms. The molecule has 0 aliphatic rings. The first kappa shape index (κ1) is 10.3. The van der Waals surface area contributed by atoms with Gasteiger partial charge in [-0.25, -0.2) is 8.78 Å². The van der Waals surface area contributed by atoms with Gasteiger partial charge >= 0.3 is 0 Å². The number of hydrogen-bond donors (Lipinski definition) is 1. The molecule has 0 heterocycles. The molecule has 0 aliphatic carbocycles. The van der Waals surface area contributed by atoms with Crippen molar-refractivity contribution in [3.05, 3.63) is 29.0 Å². The molecule has 72 valence electrons. The summed E-state index contributed by atoms with van der Waals surface area (Å²) in [4.78, 5) is 0. The maximum Gasteiger partial charge on any atom is 0.141 e. The van der Waals surface area contributed by atoms with Crippen LogP contribution in [0.25, 0.3) is 0 Å². The van der Waals surface area contributed by atoms with Gasteiger partial charge in [-0.2, -0.15) is 0 Å². The molecule has 4 heteroatoms. The SMILES string of the molecule is CC(F)CNc1ccc(F)c(Cl)c1. The van der Waals surface area contributed by atoms with Gasteiger partial charge in [0.2, 0.25) is 0 Å². The summed E-state index contributed by atoms with van der Waals surface area (Å²) in [5, 5.41) is 2.82. The minimum Gasteiger partial charge on any atom is -0.382 e. The highest BCUT2D eigenvalue weighted by Gasteiger charge is 2.01. The average Bonchev–Trinajstić information content (AvgIpc) is 2.07. The van der Waals surface area contributed by atoms with Crippen LogP contribution < -0.4 is 5.32 Å². The number of benzene rings is 1. The molecule has 1 aromatic rings. The van der Waals surface area contributed by atoms with Crippen molar-refractivity contribution >= 4 is 17.3 Å². The molecular formula is C9H10ClF2N. The lowest BCUT2D eigenvalue weighted by molar-refractivity contribution is 0.378. The van der Waals surface area contributed by atoms with E-state index in [2.05, 4.69) is 5.32 Å². The van der Waals surface area contributed by atoms with Gasteiger partial charge < -0.3 is 5.32 Å². The second-order valence-electron chi connectivity index (χ2n) is 2.79. The Kier molecular flexibility index (Phi) is 3.48. The van der Waals surface area contributed by atoms with Crippen LogP contribution in [-0.2, 0) is 0 Å². The Balaban J connectivity index is 2.63. The molecule has 1 aromatic carbocycles. The minimum atomic E-state index is -0.941. The number of halogens is 3. The summed E-state index contributed by atoms with van der Waals surface area (Å²) >= 11 is 5.52. The summed E-state index contributed by atoms with van der Waals surface area (Å²) in [5.74, 6) is -0.472. The zero-order valence-electron chi connectivity index (χ0n) is 7.15. The van der Waals surface area contributed by atoms with Gasteiger partial charge in [0.1, 0.15) is 12.0 Å². The van der Waals surface area contributed by atoms with Crippen molar-refractivity contribution in [2.45, 2.75) is 13.1 Å². The fourth-order valence-corrected chi connectivity index (χ4v) is 1.05. The molecule has 0 aliphatic heterocycles. The lowest BCUT2D eigenvalue weighted by Crippen LogP contribution is -2.11. The topological polar surface area (TPSA) is 12.0 Å². The zero-order chi connectivity index (χ0) is 9.84. The zero-order valence-corrected chi connectivity index (χ0v) is 7.91. The van der Waals surface area contributed by atoms with Crippen molar-refractivity contribution < 1.29 is 8.78 Å². The molecule has 1 rings (SSSR count). The summed E-state index contributed by atoms with van der Waals surface area (Å²) in [7, 11) is 0. The molecule has 1 unspecified atom stereocenters. The van der Waals surface area contributed by atoms with Gasteiger partial charge in [-0.15, -0.1) is 0 Å². The predicted molar refractivity (Wildman–Crippen MR) is 50.5 cm³/mol.